The number of carbonyl (C=O) groups excluding carboxylic acids is 1. The monoisotopic (exact) mass is 355 g/mol. The van der Waals surface area contributed by atoms with E-state index in [0.717, 1.165) is 30.7 Å². The van der Waals surface area contributed by atoms with Gasteiger partial charge in [0.05, 0.1) is 11.8 Å². The van der Waals surface area contributed by atoms with Crippen molar-refractivity contribution in [1.82, 2.24) is 34.8 Å². The zero-order valence-electron chi connectivity index (χ0n) is 14.2. The van der Waals surface area contributed by atoms with Gasteiger partial charge in [-0.3, -0.25) is 14.5 Å². The van der Waals surface area contributed by atoms with Crippen LogP contribution in [0.15, 0.2) is 36.9 Å². The van der Waals surface area contributed by atoms with E-state index in [1.54, 1.807) is 10.9 Å². The zero-order valence-corrected chi connectivity index (χ0v) is 14.2. The van der Waals surface area contributed by atoms with Crippen LogP contribution in [0.4, 0.5) is 4.39 Å². The Labute approximate surface area is 149 Å². The lowest BCUT2D eigenvalue weighted by atomic mass is 9.79. The van der Waals surface area contributed by atoms with Crippen molar-refractivity contribution in [2.24, 2.45) is 7.05 Å². The fourth-order valence-corrected chi connectivity index (χ4v) is 3.18. The second-order valence-electron chi connectivity index (χ2n) is 6.43. The first-order valence-electron chi connectivity index (χ1n) is 8.38. The molecule has 8 nitrogen and oxygen atoms in total. The average Bonchev–Trinajstić information content (AvgIpc) is 3.22. The first kappa shape index (κ1) is 16.4. The van der Waals surface area contributed by atoms with Crippen molar-refractivity contribution >= 4 is 5.91 Å². The molecular formula is C17H18FN7O. The van der Waals surface area contributed by atoms with E-state index in [1.807, 2.05) is 23.9 Å². The molecule has 3 heterocycles. The number of nitrogens with one attached hydrogen (secondary N) is 1. The molecule has 1 aliphatic rings. The van der Waals surface area contributed by atoms with Crippen molar-refractivity contribution < 1.29 is 9.18 Å². The zero-order chi connectivity index (χ0) is 18.1. The third-order valence-corrected chi connectivity index (χ3v) is 4.72. The van der Waals surface area contributed by atoms with Gasteiger partial charge < -0.3 is 9.88 Å². The molecule has 4 rings (SSSR count). The summed E-state index contributed by atoms with van der Waals surface area (Å²) in [6, 6.07) is 3.25. The van der Waals surface area contributed by atoms with Gasteiger partial charge in [-0.2, -0.15) is 5.10 Å². The molecule has 0 spiro atoms. The lowest BCUT2D eigenvalue weighted by Crippen LogP contribution is -2.44. The number of amides is 1. The van der Waals surface area contributed by atoms with Crippen LogP contribution in [-0.2, 0) is 13.6 Å². The Bertz CT molecular complexity index is 915. The number of hydrogen-bond acceptors (Lipinski definition) is 5. The van der Waals surface area contributed by atoms with Crippen molar-refractivity contribution in [3.8, 4) is 0 Å². The topological polar surface area (TPSA) is 90.5 Å². The highest BCUT2D eigenvalue weighted by Crippen LogP contribution is 2.36. The largest absolute Gasteiger partial charge is 0.349 e. The molecule has 134 valence electrons. The molecule has 0 bridgehead atoms. The fourth-order valence-electron chi connectivity index (χ4n) is 3.18. The van der Waals surface area contributed by atoms with Crippen molar-refractivity contribution in [2.45, 2.75) is 31.3 Å². The van der Waals surface area contributed by atoms with Crippen LogP contribution in [0.25, 0.3) is 0 Å². The van der Waals surface area contributed by atoms with Gasteiger partial charge in [-0.15, -0.1) is 10.2 Å². The maximum absolute atomic E-state index is 13.6. The molecule has 1 N–H and O–H groups in total. The standard InChI is InChI=1S/C17H18FN7O/c1-24-15(10-25-6-2-4-20-25)22-23-16(24)11-7-12(8-11)21-17(26)13-3-5-19-9-14(13)18/h2-6,9,11-12H,7-8,10H2,1H3,(H,21,26). The van der Waals surface area contributed by atoms with E-state index >= 15 is 0 Å². The third-order valence-electron chi connectivity index (χ3n) is 4.72. The highest BCUT2D eigenvalue weighted by Gasteiger charge is 2.35. The molecule has 0 atom stereocenters. The van der Waals surface area contributed by atoms with Crippen molar-refractivity contribution in [3.63, 3.8) is 0 Å². The minimum Gasteiger partial charge on any atom is -0.349 e. The summed E-state index contributed by atoms with van der Waals surface area (Å²) in [5, 5.41) is 15.6. The van der Waals surface area contributed by atoms with Gasteiger partial charge in [-0.1, -0.05) is 0 Å². The van der Waals surface area contributed by atoms with Gasteiger partial charge in [-0.25, -0.2) is 4.39 Å². The minimum atomic E-state index is -0.613. The summed E-state index contributed by atoms with van der Waals surface area (Å²) in [6.07, 6.45) is 7.56. The molecule has 0 aliphatic heterocycles. The Balaban J connectivity index is 1.36. The highest BCUT2D eigenvalue weighted by atomic mass is 19.1. The van der Waals surface area contributed by atoms with Gasteiger partial charge >= 0.3 is 0 Å². The second kappa shape index (κ2) is 6.66. The summed E-state index contributed by atoms with van der Waals surface area (Å²) >= 11 is 0. The number of nitrogens with zero attached hydrogens (tertiary/aromatic N) is 6. The van der Waals surface area contributed by atoms with Gasteiger partial charge in [0.1, 0.15) is 12.4 Å². The van der Waals surface area contributed by atoms with Crippen LogP contribution in [0.3, 0.4) is 0 Å². The maximum atomic E-state index is 13.6. The molecular weight excluding hydrogens is 337 g/mol. The van der Waals surface area contributed by atoms with Gasteiger partial charge in [-0.05, 0) is 25.0 Å². The molecule has 0 unspecified atom stereocenters. The van der Waals surface area contributed by atoms with Crippen LogP contribution in [0.5, 0.6) is 0 Å². The predicted octanol–water partition coefficient (Wildman–Crippen LogP) is 1.27. The Morgan fingerprint density at radius 2 is 2.19 bits per heavy atom. The average molecular weight is 355 g/mol. The first-order chi connectivity index (χ1) is 12.6. The van der Waals surface area contributed by atoms with Crippen molar-refractivity contribution in [1.29, 1.82) is 0 Å². The minimum absolute atomic E-state index is 0.00586. The number of rotatable bonds is 5. The quantitative estimate of drug-likeness (QED) is 0.744. The molecule has 3 aromatic heterocycles. The normalized spacial score (nSPS) is 19.2. The number of carbonyl (C=O) groups is 1. The van der Waals surface area contributed by atoms with E-state index in [0.29, 0.717) is 6.54 Å². The smallest absolute Gasteiger partial charge is 0.254 e. The van der Waals surface area contributed by atoms with Crippen molar-refractivity contribution in [2.75, 3.05) is 0 Å². The molecule has 26 heavy (non-hydrogen) atoms. The van der Waals surface area contributed by atoms with E-state index in [1.165, 1.54) is 12.3 Å². The number of halogens is 1. The first-order valence-corrected chi connectivity index (χ1v) is 8.38. The molecule has 1 fully saturated rings. The SMILES string of the molecule is Cn1c(Cn2cccn2)nnc1C1CC(NC(=O)c2ccncc2F)C1. The van der Waals surface area contributed by atoms with Crippen LogP contribution < -0.4 is 5.32 Å². The second-order valence-corrected chi connectivity index (χ2v) is 6.43. The van der Waals surface area contributed by atoms with Gasteiger partial charge in [0.15, 0.2) is 11.6 Å². The Morgan fingerprint density at radius 3 is 2.92 bits per heavy atom. The lowest BCUT2D eigenvalue weighted by Gasteiger charge is -2.35. The molecule has 0 saturated heterocycles. The Morgan fingerprint density at radius 1 is 1.35 bits per heavy atom. The van der Waals surface area contributed by atoms with Crippen LogP contribution in [-0.4, -0.2) is 41.5 Å². The highest BCUT2D eigenvalue weighted by molar-refractivity contribution is 5.94. The molecule has 3 aromatic rings. The van der Waals surface area contributed by atoms with E-state index in [2.05, 4.69) is 25.6 Å². The summed E-state index contributed by atoms with van der Waals surface area (Å²) in [7, 11) is 1.94. The van der Waals surface area contributed by atoms with E-state index in [-0.39, 0.29) is 17.5 Å². The number of aromatic nitrogens is 6. The molecule has 9 heteroatoms. The fraction of sp³-hybridized carbons (Fsp3) is 0.353. The van der Waals surface area contributed by atoms with Crippen LogP contribution in [0.2, 0.25) is 0 Å². The maximum Gasteiger partial charge on any atom is 0.254 e. The third kappa shape index (κ3) is 3.07. The predicted molar refractivity (Wildman–Crippen MR) is 89.8 cm³/mol. The van der Waals surface area contributed by atoms with Crippen LogP contribution >= 0.6 is 0 Å². The van der Waals surface area contributed by atoms with E-state index in [4.69, 9.17) is 0 Å². The van der Waals surface area contributed by atoms with Gasteiger partial charge in [0.25, 0.3) is 5.91 Å². The molecule has 1 aliphatic carbocycles. The van der Waals surface area contributed by atoms with Gasteiger partial charge in [0, 0.05) is 37.6 Å². The Kier molecular flexibility index (Phi) is 4.19. The van der Waals surface area contributed by atoms with Crippen LogP contribution in [0.1, 0.15) is 40.8 Å². The summed E-state index contributed by atoms with van der Waals surface area (Å²) < 4.78 is 17.4. The molecule has 0 radical (unpaired) electrons. The van der Waals surface area contributed by atoms with Gasteiger partial charge in [0.2, 0.25) is 0 Å². The summed E-state index contributed by atoms with van der Waals surface area (Å²) in [5.74, 6) is 0.928. The van der Waals surface area contributed by atoms with Crippen molar-refractivity contribution in [3.05, 3.63) is 59.9 Å². The number of pyridine rings is 1. The summed E-state index contributed by atoms with van der Waals surface area (Å²) in [6.45, 7) is 0.560. The van der Waals surface area contributed by atoms with E-state index < -0.39 is 11.7 Å². The molecule has 1 saturated carbocycles. The summed E-state index contributed by atoms with van der Waals surface area (Å²) in [4.78, 5) is 15.8. The molecule has 1 amide bonds. The Hall–Kier alpha value is -3.10. The van der Waals surface area contributed by atoms with E-state index in [9.17, 15) is 9.18 Å². The molecule has 0 aromatic carbocycles. The van der Waals surface area contributed by atoms with Crippen LogP contribution in [0, 0.1) is 5.82 Å². The summed E-state index contributed by atoms with van der Waals surface area (Å²) in [5.41, 5.74) is 0.0172. The lowest BCUT2D eigenvalue weighted by molar-refractivity contribution is 0.0902. The number of hydrogen-bond donors (Lipinski definition) is 1.